The topological polar surface area (TPSA) is 52.6 Å². The average molecular weight is 368 g/mol. The molecule has 0 bridgehead atoms. The van der Waals surface area contributed by atoms with Crippen molar-refractivity contribution in [2.45, 2.75) is 46.5 Å². The quantitative estimate of drug-likeness (QED) is 0.345. The first kappa shape index (κ1) is 20.7. The van der Waals surface area contributed by atoms with Gasteiger partial charge in [0, 0.05) is 0 Å². The number of benzene rings is 2. The molecule has 0 saturated carbocycles. The maximum atomic E-state index is 12.4. The largest absolute Gasteiger partial charge is 0.462 e. The van der Waals surface area contributed by atoms with Crippen LogP contribution in [0, 0.1) is 5.92 Å². The zero-order chi connectivity index (χ0) is 19.8. The van der Waals surface area contributed by atoms with Crippen LogP contribution in [0.4, 0.5) is 0 Å². The van der Waals surface area contributed by atoms with Crippen molar-refractivity contribution in [3.05, 3.63) is 65.2 Å². The molecule has 0 aliphatic heterocycles. The van der Waals surface area contributed by atoms with Crippen LogP contribution in [-0.4, -0.2) is 18.5 Å². The van der Waals surface area contributed by atoms with Crippen LogP contribution in [0.25, 0.3) is 0 Å². The number of hydrogen-bond acceptors (Lipinski definition) is 4. The van der Waals surface area contributed by atoms with Crippen LogP contribution in [0.3, 0.4) is 0 Å². The molecule has 4 nitrogen and oxygen atoms in total. The van der Waals surface area contributed by atoms with Crippen molar-refractivity contribution in [3.8, 4) is 5.75 Å². The fourth-order valence-electron chi connectivity index (χ4n) is 2.60. The maximum Gasteiger partial charge on any atom is 0.343 e. The van der Waals surface area contributed by atoms with E-state index < -0.39 is 11.9 Å². The molecule has 0 aliphatic rings. The van der Waals surface area contributed by atoms with Crippen molar-refractivity contribution in [1.29, 1.82) is 0 Å². The second-order valence-corrected chi connectivity index (χ2v) is 7.37. The fourth-order valence-corrected chi connectivity index (χ4v) is 2.60. The molecule has 0 radical (unpaired) electrons. The van der Waals surface area contributed by atoms with Crippen LogP contribution in [0.15, 0.2) is 48.5 Å². The molecule has 27 heavy (non-hydrogen) atoms. The van der Waals surface area contributed by atoms with Gasteiger partial charge in [-0.05, 0) is 60.6 Å². The van der Waals surface area contributed by atoms with Gasteiger partial charge in [0.2, 0.25) is 0 Å². The molecule has 4 heteroatoms. The highest BCUT2D eigenvalue weighted by Gasteiger charge is 2.13. The van der Waals surface area contributed by atoms with Crippen molar-refractivity contribution in [3.63, 3.8) is 0 Å². The first-order valence-electron chi connectivity index (χ1n) is 9.46. The lowest BCUT2D eigenvalue weighted by Gasteiger charge is -2.09. The second kappa shape index (κ2) is 9.91. The molecule has 0 saturated heterocycles. The maximum absolute atomic E-state index is 12.4. The van der Waals surface area contributed by atoms with Crippen molar-refractivity contribution in [1.82, 2.24) is 0 Å². The van der Waals surface area contributed by atoms with Gasteiger partial charge >= 0.3 is 11.9 Å². The first-order chi connectivity index (χ1) is 12.9. The Hall–Kier alpha value is -2.62. The molecule has 2 aromatic rings. The number of carbonyl (C=O) groups is 2. The molecular formula is C23H28O4. The molecule has 0 atom stereocenters. The Morgan fingerprint density at radius 3 is 2.11 bits per heavy atom. The summed E-state index contributed by atoms with van der Waals surface area (Å²) in [6, 6.07) is 13.9. The van der Waals surface area contributed by atoms with E-state index in [-0.39, 0.29) is 0 Å². The minimum absolute atomic E-state index is 0.319. The lowest BCUT2D eigenvalue weighted by atomic mass is 10.0. The average Bonchev–Trinajstić information content (AvgIpc) is 2.65. The van der Waals surface area contributed by atoms with E-state index in [1.54, 1.807) is 30.3 Å². The number of rotatable bonds is 8. The van der Waals surface area contributed by atoms with Crippen LogP contribution in [0.5, 0.6) is 5.75 Å². The Balaban J connectivity index is 1.97. The van der Waals surface area contributed by atoms with E-state index in [4.69, 9.17) is 9.47 Å². The normalized spacial score (nSPS) is 10.9. The molecule has 0 N–H and O–H groups in total. The number of carbonyl (C=O) groups excluding carboxylic acids is 2. The summed E-state index contributed by atoms with van der Waals surface area (Å²) in [4.78, 5) is 24.5. The van der Waals surface area contributed by atoms with Crippen molar-refractivity contribution < 1.29 is 19.1 Å². The van der Waals surface area contributed by atoms with Gasteiger partial charge in [-0.2, -0.15) is 0 Å². The van der Waals surface area contributed by atoms with E-state index in [0.29, 0.717) is 35.3 Å². The van der Waals surface area contributed by atoms with Gasteiger partial charge in [0.25, 0.3) is 0 Å². The highest BCUT2D eigenvalue weighted by molar-refractivity contribution is 5.96. The first-order valence-corrected chi connectivity index (χ1v) is 9.46. The standard InChI is InChI=1S/C23H28O4/c1-16(2)7-6-14-26-22(24)19-8-5-9-20(15-19)23(25)27-21-12-10-18(11-13-21)17(3)4/h5,8-13,15-17H,6-7,14H2,1-4H3. The van der Waals surface area contributed by atoms with Crippen LogP contribution in [0.1, 0.15) is 72.7 Å². The summed E-state index contributed by atoms with van der Waals surface area (Å²) in [5.74, 6) is 0.553. The molecule has 144 valence electrons. The summed E-state index contributed by atoms with van der Waals surface area (Å²) >= 11 is 0. The van der Waals surface area contributed by atoms with Gasteiger partial charge in [-0.3, -0.25) is 0 Å². The summed E-state index contributed by atoms with van der Waals surface area (Å²) in [7, 11) is 0. The van der Waals surface area contributed by atoms with E-state index >= 15 is 0 Å². The summed E-state index contributed by atoms with van der Waals surface area (Å²) < 4.78 is 10.7. The van der Waals surface area contributed by atoms with E-state index in [1.807, 2.05) is 12.1 Å². The van der Waals surface area contributed by atoms with Crippen LogP contribution < -0.4 is 4.74 Å². The zero-order valence-corrected chi connectivity index (χ0v) is 16.5. The van der Waals surface area contributed by atoms with Gasteiger partial charge in [-0.15, -0.1) is 0 Å². The summed E-state index contributed by atoms with van der Waals surface area (Å²) in [6.07, 6.45) is 1.84. The minimum Gasteiger partial charge on any atom is -0.462 e. The number of esters is 2. The number of hydrogen-bond donors (Lipinski definition) is 0. The smallest absolute Gasteiger partial charge is 0.343 e. The molecule has 0 aliphatic carbocycles. The Labute approximate surface area is 161 Å². The van der Waals surface area contributed by atoms with Crippen LogP contribution >= 0.6 is 0 Å². The van der Waals surface area contributed by atoms with Gasteiger partial charge in [-0.1, -0.05) is 45.9 Å². The predicted octanol–water partition coefficient (Wildman–Crippen LogP) is 5.62. The van der Waals surface area contributed by atoms with Gasteiger partial charge < -0.3 is 9.47 Å². The molecule has 0 amide bonds. The van der Waals surface area contributed by atoms with E-state index in [1.165, 1.54) is 11.6 Å². The Kier molecular flexibility index (Phi) is 7.59. The molecule has 2 aromatic carbocycles. The SMILES string of the molecule is CC(C)CCCOC(=O)c1cccc(C(=O)Oc2ccc(C(C)C)cc2)c1. The van der Waals surface area contributed by atoms with E-state index in [2.05, 4.69) is 27.7 Å². The third-order valence-electron chi connectivity index (χ3n) is 4.25. The third kappa shape index (κ3) is 6.55. The Morgan fingerprint density at radius 2 is 1.52 bits per heavy atom. The van der Waals surface area contributed by atoms with Gasteiger partial charge in [0.05, 0.1) is 17.7 Å². The third-order valence-corrected chi connectivity index (χ3v) is 4.25. The van der Waals surface area contributed by atoms with Gasteiger partial charge in [-0.25, -0.2) is 9.59 Å². The van der Waals surface area contributed by atoms with Crippen molar-refractivity contribution in [2.24, 2.45) is 5.92 Å². The molecule has 0 fully saturated rings. The van der Waals surface area contributed by atoms with Crippen molar-refractivity contribution >= 4 is 11.9 Å². The monoisotopic (exact) mass is 368 g/mol. The predicted molar refractivity (Wildman–Crippen MR) is 106 cm³/mol. The molecule has 0 unspecified atom stereocenters. The molecule has 2 rings (SSSR count). The van der Waals surface area contributed by atoms with Crippen LogP contribution in [0.2, 0.25) is 0 Å². The summed E-state index contributed by atoms with van der Waals surface area (Å²) in [5.41, 5.74) is 1.85. The summed E-state index contributed by atoms with van der Waals surface area (Å²) in [5, 5.41) is 0. The fraction of sp³-hybridized carbons (Fsp3) is 0.391. The van der Waals surface area contributed by atoms with E-state index in [9.17, 15) is 9.59 Å². The van der Waals surface area contributed by atoms with Gasteiger partial charge in [0.15, 0.2) is 0 Å². The van der Waals surface area contributed by atoms with Gasteiger partial charge in [0.1, 0.15) is 5.75 Å². The second-order valence-electron chi connectivity index (χ2n) is 7.37. The Morgan fingerprint density at radius 1 is 0.889 bits per heavy atom. The lowest BCUT2D eigenvalue weighted by molar-refractivity contribution is 0.0494. The van der Waals surface area contributed by atoms with E-state index in [0.717, 1.165) is 12.8 Å². The Bertz CT molecular complexity index is 760. The molecule has 0 aromatic heterocycles. The minimum atomic E-state index is -0.498. The zero-order valence-electron chi connectivity index (χ0n) is 16.5. The molecule has 0 heterocycles. The number of ether oxygens (including phenoxy) is 2. The van der Waals surface area contributed by atoms with Crippen molar-refractivity contribution in [2.75, 3.05) is 6.61 Å². The lowest BCUT2D eigenvalue weighted by Crippen LogP contribution is -2.11. The highest BCUT2D eigenvalue weighted by atomic mass is 16.5. The molecular weight excluding hydrogens is 340 g/mol. The highest BCUT2D eigenvalue weighted by Crippen LogP contribution is 2.20. The summed E-state index contributed by atoms with van der Waals surface area (Å²) in [6.45, 7) is 8.86. The molecule has 0 spiro atoms. The van der Waals surface area contributed by atoms with Crippen LogP contribution in [-0.2, 0) is 4.74 Å².